The summed E-state index contributed by atoms with van der Waals surface area (Å²) in [6.07, 6.45) is 0.486. The molecule has 0 aliphatic heterocycles. The number of oxime groups is 1. The van der Waals surface area contributed by atoms with Gasteiger partial charge in [-0.05, 0) is 29.7 Å². The first-order chi connectivity index (χ1) is 9.40. The van der Waals surface area contributed by atoms with Gasteiger partial charge in [0, 0.05) is 30.5 Å². The largest absolute Gasteiger partial charge is 0.409 e. The molecule has 0 saturated carbocycles. The average molecular weight is 346 g/mol. The van der Waals surface area contributed by atoms with Crippen LogP contribution in [0.5, 0.6) is 0 Å². The minimum Gasteiger partial charge on any atom is -0.409 e. The van der Waals surface area contributed by atoms with Crippen molar-refractivity contribution in [2.24, 2.45) is 16.8 Å². The van der Waals surface area contributed by atoms with Gasteiger partial charge in [-0.25, -0.2) is 4.39 Å². The van der Waals surface area contributed by atoms with Crippen molar-refractivity contribution in [1.29, 1.82) is 0 Å². The van der Waals surface area contributed by atoms with Crippen LogP contribution in [0.1, 0.15) is 25.8 Å². The molecule has 1 aromatic carbocycles. The standard InChI is InChI=1S/C14H21BrFN3O/c1-10(2)8-19(4-3-14(17)18-20)9-11-5-12(15)7-13(16)6-11/h5-7,10,20H,3-4,8-9H2,1-2H3,(H2,17,18). The Hall–Kier alpha value is -1.14. The molecule has 0 spiro atoms. The summed E-state index contributed by atoms with van der Waals surface area (Å²) in [7, 11) is 0. The Labute approximate surface area is 127 Å². The molecule has 1 rings (SSSR count). The summed E-state index contributed by atoms with van der Waals surface area (Å²) in [6, 6.07) is 4.87. The molecular formula is C14H21BrFN3O. The lowest BCUT2D eigenvalue weighted by Gasteiger charge is -2.24. The highest BCUT2D eigenvalue weighted by Crippen LogP contribution is 2.17. The fraction of sp³-hybridized carbons (Fsp3) is 0.500. The van der Waals surface area contributed by atoms with Crippen molar-refractivity contribution in [3.05, 3.63) is 34.1 Å². The van der Waals surface area contributed by atoms with Crippen molar-refractivity contribution in [2.75, 3.05) is 13.1 Å². The number of benzene rings is 1. The van der Waals surface area contributed by atoms with E-state index < -0.39 is 0 Å². The van der Waals surface area contributed by atoms with E-state index in [1.54, 1.807) is 0 Å². The molecule has 0 saturated heterocycles. The maximum Gasteiger partial charge on any atom is 0.140 e. The second kappa shape index (κ2) is 8.21. The van der Waals surface area contributed by atoms with Gasteiger partial charge in [0.1, 0.15) is 11.7 Å². The molecule has 0 unspecified atom stereocenters. The van der Waals surface area contributed by atoms with Crippen molar-refractivity contribution in [1.82, 2.24) is 4.90 Å². The maximum absolute atomic E-state index is 13.4. The zero-order valence-corrected chi connectivity index (χ0v) is 13.4. The average Bonchev–Trinajstić information content (AvgIpc) is 2.33. The first kappa shape index (κ1) is 16.9. The molecule has 1 aromatic rings. The van der Waals surface area contributed by atoms with Crippen LogP contribution < -0.4 is 5.73 Å². The number of hydrogen-bond acceptors (Lipinski definition) is 3. The number of amidine groups is 1. The van der Waals surface area contributed by atoms with Gasteiger partial charge in [0.2, 0.25) is 0 Å². The number of rotatable bonds is 7. The first-order valence-corrected chi connectivity index (χ1v) is 7.33. The van der Waals surface area contributed by atoms with Gasteiger partial charge in [-0.1, -0.05) is 34.9 Å². The second-order valence-corrected chi connectivity index (χ2v) is 6.16. The van der Waals surface area contributed by atoms with Crippen molar-refractivity contribution in [3.8, 4) is 0 Å². The van der Waals surface area contributed by atoms with Crippen LogP contribution in [0.15, 0.2) is 27.8 Å². The molecule has 0 bridgehead atoms. The number of nitrogens with two attached hydrogens (primary N) is 1. The van der Waals surface area contributed by atoms with Crippen LogP contribution in [0.3, 0.4) is 0 Å². The van der Waals surface area contributed by atoms with E-state index in [4.69, 9.17) is 10.9 Å². The minimum atomic E-state index is -0.254. The lowest BCUT2D eigenvalue weighted by molar-refractivity contribution is 0.240. The first-order valence-electron chi connectivity index (χ1n) is 6.54. The summed E-state index contributed by atoms with van der Waals surface area (Å²) < 4.78 is 14.1. The molecular weight excluding hydrogens is 325 g/mol. The monoisotopic (exact) mass is 345 g/mol. The summed E-state index contributed by atoms with van der Waals surface area (Å²) in [5.74, 6) is 0.439. The van der Waals surface area contributed by atoms with Gasteiger partial charge in [-0.3, -0.25) is 4.90 Å². The van der Waals surface area contributed by atoms with Gasteiger partial charge < -0.3 is 10.9 Å². The molecule has 0 amide bonds. The predicted octanol–water partition coefficient (Wildman–Crippen LogP) is 3.18. The molecule has 0 radical (unpaired) electrons. The van der Waals surface area contributed by atoms with Gasteiger partial charge in [0.25, 0.3) is 0 Å². The Balaban J connectivity index is 2.72. The molecule has 0 aliphatic rings. The quantitative estimate of drug-likeness (QED) is 0.345. The van der Waals surface area contributed by atoms with Crippen molar-refractivity contribution < 1.29 is 9.60 Å². The van der Waals surface area contributed by atoms with E-state index in [-0.39, 0.29) is 11.7 Å². The maximum atomic E-state index is 13.4. The molecule has 6 heteroatoms. The summed E-state index contributed by atoms with van der Waals surface area (Å²) in [5.41, 5.74) is 6.40. The minimum absolute atomic E-state index is 0.208. The highest BCUT2D eigenvalue weighted by Gasteiger charge is 2.10. The fourth-order valence-corrected chi connectivity index (χ4v) is 2.55. The van der Waals surface area contributed by atoms with Crippen LogP contribution in [0, 0.1) is 11.7 Å². The van der Waals surface area contributed by atoms with E-state index in [1.165, 1.54) is 12.1 Å². The predicted molar refractivity (Wildman–Crippen MR) is 82.2 cm³/mol. The Bertz CT molecular complexity index is 445. The van der Waals surface area contributed by atoms with E-state index in [1.807, 2.05) is 6.07 Å². The SMILES string of the molecule is CC(C)CN(CCC(N)=NO)Cc1cc(F)cc(Br)c1. The zero-order valence-electron chi connectivity index (χ0n) is 11.8. The summed E-state index contributed by atoms with van der Waals surface area (Å²) in [4.78, 5) is 2.17. The van der Waals surface area contributed by atoms with E-state index in [9.17, 15) is 4.39 Å². The van der Waals surface area contributed by atoms with Gasteiger partial charge in [0.05, 0.1) is 0 Å². The normalized spacial score (nSPS) is 12.4. The van der Waals surface area contributed by atoms with Gasteiger partial charge in [0.15, 0.2) is 0 Å². The molecule has 0 aliphatic carbocycles. The van der Waals surface area contributed by atoms with Crippen LogP contribution in [0.4, 0.5) is 4.39 Å². The topological polar surface area (TPSA) is 61.8 Å². The van der Waals surface area contributed by atoms with E-state index >= 15 is 0 Å². The third kappa shape index (κ3) is 6.34. The smallest absolute Gasteiger partial charge is 0.140 e. The van der Waals surface area contributed by atoms with Crippen LogP contribution >= 0.6 is 15.9 Å². The summed E-state index contributed by atoms with van der Waals surface area (Å²) in [6.45, 7) is 6.41. The molecule has 0 aromatic heterocycles. The molecule has 0 fully saturated rings. The lowest BCUT2D eigenvalue weighted by Crippen LogP contribution is -2.31. The van der Waals surface area contributed by atoms with Crippen molar-refractivity contribution in [2.45, 2.75) is 26.8 Å². The highest BCUT2D eigenvalue weighted by atomic mass is 79.9. The Morgan fingerprint density at radius 3 is 2.70 bits per heavy atom. The number of halogens is 2. The van der Waals surface area contributed by atoms with Crippen LogP contribution in [0.2, 0.25) is 0 Å². The molecule has 0 heterocycles. The molecule has 20 heavy (non-hydrogen) atoms. The van der Waals surface area contributed by atoms with E-state index in [0.29, 0.717) is 25.4 Å². The Morgan fingerprint density at radius 2 is 2.15 bits per heavy atom. The van der Waals surface area contributed by atoms with Crippen molar-refractivity contribution in [3.63, 3.8) is 0 Å². The second-order valence-electron chi connectivity index (χ2n) is 5.25. The van der Waals surface area contributed by atoms with Gasteiger partial charge in [-0.2, -0.15) is 0 Å². The Morgan fingerprint density at radius 1 is 1.45 bits per heavy atom. The summed E-state index contributed by atoms with van der Waals surface area (Å²) >= 11 is 3.30. The fourth-order valence-electron chi connectivity index (χ4n) is 2.03. The molecule has 3 N–H and O–H groups in total. The number of nitrogens with zero attached hydrogens (tertiary/aromatic N) is 2. The van der Waals surface area contributed by atoms with E-state index in [0.717, 1.165) is 16.6 Å². The molecule has 0 atom stereocenters. The zero-order chi connectivity index (χ0) is 15.1. The molecule has 112 valence electrons. The third-order valence-electron chi connectivity index (χ3n) is 2.76. The Kier molecular flexibility index (Phi) is 6.95. The summed E-state index contributed by atoms with van der Waals surface area (Å²) in [5, 5.41) is 11.6. The third-order valence-corrected chi connectivity index (χ3v) is 3.22. The van der Waals surface area contributed by atoms with Gasteiger partial charge in [-0.15, -0.1) is 0 Å². The lowest BCUT2D eigenvalue weighted by atomic mass is 10.1. The molecule has 4 nitrogen and oxygen atoms in total. The highest BCUT2D eigenvalue weighted by molar-refractivity contribution is 9.10. The number of hydrogen-bond donors (Lipinski definition) is 2. The van der Waals surface area contributed by atoms with E-state index in [2.05, 4.69) is 39.8 Å². The van der Waals surface area contributed by atoms with Gasteiger partial charge >= 0.3 is 0 Å². The van der Waals surface area contributed by atoms with Crippen LogP contribution in [0.25, 0.3) is 0 Å². The van der Waals surface area contributed by atoms with Crippen LogP contribution in [-0.2, 0) is 6.54 Å². The van der Waals surface area contributed by atoms with Crippen LogP contribution in [-0.4, -0.2) is 29.0 Å². The van der Waals surface area contributed by atoms with Crippen molar-refractivity contribution >= 4 is 21.8 Å².